The molecule has 2 aliphatic heterocycles. The molecular weight excluding hydrogens is 572 g/mol. The maximum Gasteiger partial charge on any atom is 1.00 e. The molecule has 0 amide bonds. The molecule has 2 aliphatic rings. The summed E-state index contributed by atoms with van der Waals surface area (Å²) in [5.41, 5.74) is -1.74. The van der Waals surface area contributed by atoms with E-state index in [0.29, 0.717) is 0 Å². The molecule has 0 aliphatic carbocycles. The molecule has 1 aromatic heterocycles. The summed E-state index contributed by atoms with van der Waals surface area (Å²) in [4.78, 5) is 48.9. The summed E-state index contributed by atoms with van der Waals surface area (Å²) in [6, 6.07) is 0.928. The summed E-state index contributed by atoms with van der Waals surface area (Å²) in [6.45, 7) is -1.88. The number of aromatic nitrogens is 2. The minimum atomic E-state index is -5.71. The summed E-state index contributed by atoms with van der Waals surface area (Å²) in [7, 11) is -11.4. The Hall–Kier alpha value is 0.660. The zero-order chi connectivity index (χ0) is 26.1. The van der Waals surface area contributed by atoms with Crippen molar-refractivity contribution >= 4 is 15.6 Å². The second-order valence-corrected chi connectivity index (χ2v) is 10.4. The maximum absolute atomic E-state index is 12.0. The minimum Gasteiger partial charge on any atom is -0.756 e. The number of H-pyrrole nitrogens is 1. The van der Waals surface area contributed by atoms with E-state index in [2.05, 4.69) is 13.4 Å². The number of aliphatic hydroxyl groups is 5. The van der Waals surface area contributed by atoms with Crippen LogP contribution >= 0.6 is 15.6 Å². The van der Waals surface area contributed by atoms with E-state index in [4.69, 9.17) is 14.6 Å². The fourth-order valence-electron chi connectivity index (χ4n) is 3.33. The summed E-state index contributed by atoms with van der Waals surface area (Å²) in [5, 5.41) is 48.6. The molecule has 3 heterocycles. The Labute approximate surface area is 251 Å². The number of aromatic amines is 1. The Morgan fingerprint density at radius 3 is 2.27 bits per heavy atom. The molecule has 18 nitrogen and oxygen atoms in total. The van der Waals surface area contributed by atoms with Crippen molar-refractivity contribution in [2.75, 3.05) is 13.2 Å². The van der Waals surface area contributed by atoms with Crippen molar-refractivity contribution in [2.24, 2.45) is 0 Å². The van der Waals surface area contributed by atoms with Gasteiger partial charge in [0.15, 0.2) is 12.5 Å². The van der Waals surface area contributed by atoms with E-state index in [-0.39, 0.29) is 59.1 Å². The molecule has 6 N–H and O–H groups in total. The monoisotopic (exact) mass is 594 g/mol. The van der Waals surface area contributed by atoms with Gasteiger partial charge < -0.3 is 49.3 Å². The summed E-state index contributed by atoms with van der Waals surface area (Å²) in [5.74, 6) is 0. The van der Waals surface area contributed by atoms with Crippen LogP contribution in [0.25, 0.3) is 0 Å². The number of ether oxygens (including phenoxy) is 2. The molecule has 0 bridgehead atoms. The van der Waals surface area contributed by atoms with E-state index in [0.717, 1.165) is 16.8 Å². The van der Waals surface area contributed by atoms with Crippen LogP contribution in [-0.2, 0) is 32.0 Å². The van der Waals surface area contributed by atoms with Crippen LogP contribution in [0.1, 0.15) is 12.6 Å². The quantitative estimate of drug-likeness (QED) is 0.114. The fourth-order valence-corrected chi connectivity index (χ4v) is 5.41. The van der Waals surface area contributed by atoms with E-state index in [1.54, 1.807) is 0 Å². The Morgan fingerprint density at radius 2 is 1.68 bits per heavy atom. The van der Waals surface area contributed by atoms with Gasteiger partial charge in [-0.05, 0) is 0 Å². The number of nitrogens with zero attached hydrogens (tertiary/aromatic N) is 1. The molecule has 3 rings (SSSR count). The summed E-state index contributed by atoms with van der Waals surface area (Å²) in [6.07, 6.45) is -12.7. The van der Waals surface area contributed by atoms with Crippen LogP contribution in [-0.4, -0.2) is 91.2 Å². The second kappa shape index (κ2) is 14.5. The van der Waals surface area contributed by atoms with Crippen LogP contribution in [0.15, 0.2) is 21.9 Å². The molecule has 2 saturated heterocycles. The van der Waals surface area contributed by atoms with E-state index in [9.17, 15) is 48.9 Å². The van der Waals surface area contributed by atoms with E-state index < -0.39 is 95.7 Å². The molecule has 0 saturated carbocycles. The standard InChI is InChI=1S/C15H24N2O16P2.2Na/c18-4-7-11(21)6(19)3-10(30-7)32-35(27,28)33-34(25,26)29-5-8-12(22)13(23)14(31-8)17-2-1-9(20)16-15(17)24;;/h1-2,6-8,10-14,18-19,21-23H,3-5H2,(H,25,26)(H,27,28)(H,16,20,24);;/q;2*+1/p-2/t6-,7-,8-,10+,11-,12-,13-,14-;;/m1../s1. The first-order valence-electron chi connectivity index (χ1n) is 9.85. The molecule has 0 spiro atoms. The first-order chi connectivity index (χ1) is 16.2. The van der Waals surface area contributed by atoms with Crippen molar-refractivity contribution in [3.63, 3.8) is 0 Å². The fraction of sp³-hybridized carbons (Fsp3) is 0.733. The van der Waals surface area contributed by atoms with Gasteiger partial charge in [-0.2, -0.15) is 0 Å². The molecule has 0 radical (unpaired) electrons. The van der Waals surface area contributed by atoms with Crippen molar-refractivity contribution in [3.8, 4) is 0 Å². The van der Waals surface area contributed by atoms with Gasteiger partial charge in [-0.15, -0.1) is 0 Å². The van der Waals surface area contributed by atoms with Crippen LogP contribution in [0.5, 0.6) is 0 Å². The van der Waals surface area contributed by atoms with Crippen LogP contribution in [0.2, 0.25) is 0 Å². The molecule has 37 heavy (non-hydrogen) atoms. The Kier molecular flexibility index (Phi) is 14.0. The van der Waals surface area contributed by atoms with Crippen LogP contribution < -0.4 is 80.2 Å². The molecule has 2 unspecified atom stereocenters. The van der Waals surface area contributed by atoms with Gasteiger partial charge in [-0.25, -0.2) is 9.11 Å². The number of nitrogens with one attached hydrogen (secondary N) is 1. The predicted octanol–water partition coefficient (Wildman–Crippen LogP) is -11.0. The topological polar surface area (TPSA) is 282 Å². The van der Waals surface area contributed by atoms with E-state index in [1.165, 1.54) is 0 Å². The number of rotatable bonds is 9. The summed E-state index contributed by atoms with van der Waals surface area (Å²) < 4.78 is 47.5. The number of hydrogen-bond donors (Lipinski definition) is 6. The van der Waals surface area contributed by atoms with Crippen molar-refractivity contribution < 1.29 is 126 Å². The van der Waals surface area contributed by atoms with Gasteiger partial charge in [0.05, 0.1) is 19.3 Å². The van der Waals surface area contributed by atoms with Crippen LogP contribution in [0, 0.1) is 0 Å². The number of phosphoric acid groups is 2. The van der Waals surface area contributed by atoms with Gasteiger partial charge in [0.2, 0.25) is 0 Å². The smallest absolute Gasteiger partial charge is 0.756 e. The molecule has 2 fully saturated rings. The van der Waals surface area contributed by atoms with Crippen LogP contribution in [0.3, 0.4) is 0 Å². The average Bonchev–Trinajstić information content (AvgIpc) is 3.02. The third-order valence-electron chi connectivity index (χ3n) is 5.02. The van der Waals surface area contributed by atoms with Crippen molar-refractivity contribution in [1.29, 1.82) is 0 Å². The van der Waals surface area contributed by atoms with Crippen molar-refractivity contribution in [2.45, 2.75) is 55.6 Å². The summed E-state index contributed by atoms with van der Waals surface area (Å²) >= 11 is 0. The molecular formula is C15H22N2Na2O16P2. The number of phosphoric ester groups is 2. The maximum atomic E-state index is 12.0. The van der Waals surface area contributed by atoms with Gasteiger partial charge in [0.25, 0.3) is 21.2 Å². The number of aliphatic hydroxyl groups excluding tert-OH is 5. The average molecular weight is 594 g/mol. The SMILES string of the molecule is O=c1ccn([C@@H]2O[C@H](COP(=O)([O-])OP(=O)([O-])O[C@H]3C[C@@H](O)[C@@H](O)[C@@H](CO)O3)[C@@H](O)[C@H]2O)c(=O)[nH]1.[Na+].[Na+]. The van der Waals surface area contributed by atoms with E-state index >= 15 is 0 Å². The molecule has 22 heteroatoms. The molecule has 0 aromatic carbocycles. The van der Waals surface area contributed by atoms with Gasteiger partial charge in [0.1, 0.15) is 30.5 Å². The normalized spacial score (nSPS) is 35.0. The zero-order valence-electron chi connectivity index (χ0n) is 19.5. The largest absolute Gasteiger partial charge is 1.00 e. The first-order valence-corrected chi connectivity index (χ1v) is 12.8. The van der Waals surface area contributed by atoms with Gasteiger partial charge in [-0.1, -0.05) is 0 Å². The van der Waals surface area contributed by atoms with Gasteiger partial charge in [0, 0.05) is 18.7 Å². The molecule has 10 atom stereocenters. The molecule has 200 valence electrons. The van der Waals surface area contributed by atoms with E-state index in [1.807, 2.05) is 4.98 Å². The zero-order valence-corrected chi connectivity index (χ0v) is 25.3. The van der Waals surface area contributed by atoms with Gasteiger partial charge >= 0.3 is 64.8 Å². The number of hydrogen-bond acceptors (Lipinski definition) is 16. The first kappa shape index (κ1) is 35.7. The Balaban J connectivity index is 0.00000342. The second-order valence-electron chi connectivity index (χ2n) is 7.52. The minimum absolute atomic E-state index is 0. The third-order valence-corrected chi connectivity index (χ3v) is 7.58. The Bertz CT molecular complexity index is 1100. The van der Waals surface area contributed by atoms with Crippen molar-refractivity contribution in [3.05, 3.63) is 33.1 Å². The Morgan fingerprint density at radius 1 is 1.03 bits per heavy atom. The predicted molar refractivity (Wildman–Crippen MR) is 103 cm³/mol. The molecule has 1 aromatic rings. The third kappa shape index (κ3) is 9.34. The van der Waals surface area contributed by atoms with Crippen molar-refractivity contribution in [1.82, 2.24) is 9.55 Å². The van der Waals surface area contributed by atoms with Gasteiger partial charge in [-0.3, -0.25) is 28.0 Å². The van der Waals surface area contributed by atoms with Crippen LogP contribution in [0.4, 0.5) is 0 Å².